The number of hydrogen-bond acceptors (Lipinski definition) is 2. The molecule has 0 aliphatic carbocycles. The van der Waals surface area contributed by atoms with Crippen molar-refractivity contribution in [3.05, 3.63) is 140 Å². The Hall–Kier alpha value is -4.99. The van der Waals surface area contributed by atoms with Gasteiger partial charge in [-0.15, -0.1) is 11.3 Å². The van der Waals surface area contributed by atoms with E-state index >= 15 is 0 Å². The van der Waals surface area contributed by atoms with Crippen LogP contribution in [0.1, 0.15) is 0 Å². The van der Waals surface area contributed by atoms with Gasteiger partial charge in [-0.05, 0) is 75.5 Å². The highest BCUT2D eigenvalue weighted by molar-refractivity contribution is 7.25. The summed E-state index contributed by atoms with van der Waals surface area (Å²) in [6.45, 7) is 0. The van der Waals surface area contributed by atoms with Gasteiger partial charge in [0, 0.05) is 31.3 Å². The molecule has 40 heavy (non-hydrogen) atoms. The van der Waals surface area contributed by atoms with Crippen LogP contribution >= 0.6 is 11.3 Å². The van der Waals surface area contributed by atoms with Gasteiger partial charge in [0.1, 0.15) is 0 Å². The molecule has 2 aromatic heterocycles. The van der Waals surface area contributed by atoms with Crippen molar-refractivity contribution in [3.8, 4) is 44.8 Å². The summed E-state index contributed by atoms with van der Waals surface area (Å²) in [7, 11) is 0. The minimum absolute atomic E-state index is 0.951. The van der Waals surface area contributed by atoms with Gasteiger partial charge >= 0.3 is 0 Å². The monoisotopic (exact) mass is 528 g/mol. The second-order valence-corrected chi connectivity index (χ2v) is 11.3. The van der Waals surface area contributed by atoms with Crippen molar-refractivity contribution >= 4 is 42.3 Å². The zero-order valence-corrected chi connectivity index (χ0v) is 22.5. The zero-order valence-electron chi connectivity index (χ0n) is 21.6. The number of thiophene rings is 1. The van der Waals surface area contributed by atoms with Crippen LogP contribution in [0.4, 0.5) is 0 Å². The molecule has 8 aromatic rings. The molecular formula is C37H24N2S. The van der Waals surface area contributed by atoms with Crippen molar-refractivity contribution in [1.29, 1.82) is 0 Å². The fourth-order valence-corrected chi connectivity index (χ4v) is 6.73. The molecule has 0 atom stereocenters. The summed E-state index contributed by atoms with van der Waals surface area (Å²) in [5.41, 5.74) is 9.03. The Morgan fingerprint density at radius 3 is 1.80 bits per heavy atom. The lowest BCUT2D eigenvalue weighted by Crippen LogP contribution is -1.84. The molecule has 1 N–H and O–H groups in total. The van der Waals surface area contributed by atoms with Crippen molar-refractivity contribution in [2.45, 2.75) is 0 Å². The van der Waals surface area contributed by atoms with Crippen LogP contribution in [0.5, 0.6) is 0 Å². The first-order chi connectivity index (χ1) is 19.8. The Balaban J connectivity index is 1.16. The number of fused-ring (bicyclic) bond motifs is 4. The van der Waals surface area contributed by atoms with Crippen molar-refractivity contribution in [2.75, 3.05) is 0 Å². The van der Waals surface area contributed by atoms with E-state index in [-0.39, 0.29) is 0 Å². The molecule has 0 fully saturated rings. The van der Waals surface area contributed by atoms with Gasteiger partial charge in [-0.25, -0.2) is 0 Å². The van der Waals surface area contributed by atoms with Crippen molar-refractivity contribution < 1.29 is 0 Å². The molecule has 0 radical (unpaired) electrons. The Morgan fingerprint density at radius 1 is 0.425 bits per heavy atom. The lowest BCUT2D eigenvalue weighted by molar-refractivity contribution is 1.10. The van der Waals surface area contributed by atoms with Gasteiger partial charge < -0.3 is 0 Å². The number of aromatic nitrogens is 2. The highest BCUT2D eigenvalue weighted by Crippen LogP contribution is 2.39. The van der Waals surface area contributed by atoms with Gasteiger partial charge in [0.05, 0.1) is 11.4 Å². The van der Waals surface area contributed by atoms with Crippen LogP contribution in [0.3, 0.4) is 0 Å². The molecule has 3 heteroatoms. The minimum atomic E-state index is 0.951. The van der Waals surface area contributed by atoms with E-state index in [1.807, 2.05) is 29.5 Å². The van der Waals surface area contributed by atoms with Gasteiger partial charge in [-0.2, -0.15) is 5.10 Å². The number of benzene rings is 6. The van der Waals surface area contributed by atoms with Crippen LogP contribution in [0, 0.1) is 0 Å². The molecular weight excluding hydrogens is 504 g/mol. The smallest absolute Gasteiger partial charge is 0.0927 e. The maximum atomic E-state index is 4.55. The Bertz CT molecular complexity index is 2170. The summed E-state index contributed by atoms with van der Waals surface area (Å²) in [6.07, 6.45) is 0. The molecule has 0 unspecified atom stereocenters. The number of nitrogens with zero attached hydrogens (tertiary/aromatic N) is 1. The molecule has 0 amide bonds. The van der Waals surface area contributed by atoms with Gasteiger partial charge in [0.25, 0.3) is 0 Å². The molecule has 2 nitrogen and oxygen atoms in total. The molecule has 2 heterocycles. The van der Waals surface area contributed by atoms with E-state index in [0.29, 0.717) is 0 Å². The highest BCUT2D eigenvalue weighted by atomic mass is 32.1. The number of aromatic amines is 1. The van der Waals surface area contributed by atoms with E-state index in [1.165, 1.54) is 53.2 Å². The summed E-state index contributed by atoms with van der Waals surface area (Å²) in [5, 5.41) is 13.0. The number of nitrogens with one attached hydrogen (secondary N) is 1. The molecule has 8 rings (SSSR count). The topological polar surface area (TPSA) is 28.7 Å². The quantitative estimate of drug-likeness (QED) is 0.242. The summed E-state index contributed by atoms with van der Waals surface area (Å²) in [4.78, 5) is 0. The first-order valence-electron chi connectivity index (χ1n) is 13.5. The van der Waals surface area contributed by atoms with E-state index in [4.69, 9.17) is 0 Å². The first-order valence-corrected chi connectivity index (χ1v) is 14.3. The van der Waals surface area contributed by atoms with Crippen molar-refractivity contribution in [2.24, 2.45) is 0 Å². The number of H-pyrrole nitrogens is 1. The van der Waals surface area contributed by atoms with Gasteiger partial charge in [-0.1, -0.05) is 97.1 Å². The number of rotatable bonds is 4. The maximum absolute atomic E-state index is 4.55. The normalized spacial score (nSPS) is 11.5. The first kappa shape index (κ1) is 22.9. The fraction of sp³-hybridized carbons (Fsp3) is 0. The van der Waals surface area contributed by atoms with E-state index in [1.54, 1.807) is 0 Å². The summed E-state index contributed by atoms with van der Waals surface area (Å²) < 4.78 is 2.66. The van der Waals surface area contributed by atoms with E-state index < -0.39 is 0 Å². The Kier molecular flexibility index (Phi) is 5.35. The Labute approximate surface area is 236 Å². The average molecular weight is 529 g/mol. The van der Waals surface area contributed by atoms with E-state index in [2.05, 4.69) is 132 Å². The van der Waals surface area contributed by atoms with Crippen LogP contribution in [-0.2, 0) is 0 Å². The predicted octanol–water partition coefficient (Wildman–Crippen LogP) is 10.6. The lowest BCUT2D eigenvalue weighted by Gasteiger charge is -2.08. The van der Waals surface area contributed by atoms with Crippen molar-refractivity contribution in [3.63, 3.8) is 0 Å². The maximum Gasteiger partial charge on any atom is 0.0927 e. The highest BCUT2D eigenvalue weighted by Gasteiger charge is 2.11. The zero-order chi connectivity index (χ0) is 26.5. The Morgan fingerprint density at radius 2 is 1.02 bits per heavy atom. The third-order valence-electron chi connectivity index (χ3n) is 7.69. The van der Waals surface area contributed by atoms with Crippen LogP contribution in [0.15, 0.2) is 140 Å². The second kappa shape index (κ2) is 9.33. The van der Waals surface area contributed by atoms with Gasteiger partial charge in [0.15, 0.2) is 0 Å². The molecule has 0 saturated heterocycles. The predicted molar refractivity (Wildman–Crippen MR) is 171 cm³/mol. The minimum Gasteiger partial charge on any atom is -0.277 e. The molecule has 0 aliphatic rings. The molecule has 0 bridgehead atoms. The van der Waals surface area contributed by atoms with Crippen LogP contribution in [0.2, 0.25) is 0 Å². The third-order valence-corrected chi connectivity index (χ3v) is 8.82. The largest absolute Gasteiger partial charge is 0.277 e. The molecule has 0 spiro atoms. The second-order valence-electron chi connectivity index (χ2n) is 10.2. The van der Waals surface area contributed by atoms with Gasteiger partial charge in [-0.3, -0.25) is 5.10 Å². The molecule has 6 aromatic carbocycles. The lowest BCUT2D eigenvalue weighted by atomic mass is 9.96. The summed E-state index contributed by atoms with van der Waals surface area (Å²) in [6, 6.07) is 50.1. The molecule has 188 valence electrons. The fourth-order valence-electron chi connectivity index (χ4n) is 5.61. The summed E-state index contributed by atoms with van der Waals surface area (Å²) in [5.74, 6) is 0. The standard InChI is InChI=1S/C37H24N2S/c1-2-8-24(9-3-1)34-23-35(39-38-34)31-15-7-14-27(19-31)25-12-6-13-26(18-25)30-16-17-36-32(21-30)33-20-28-10-4-5-11-29(28)22-37(33)40-36/h1-23H,(H,38,39). The van der Waals surface area contributed by atoms with E-state index in [0.717, 1.165) is 22.5 Å². The van der Waals surface area contributed by atoms with E-state index in [9.17, 15) is 0 Å². The number of hydrogen-bond donors (Lipinski definition) is 1. The van der Waals surface area contributed by atoms with Crippen LogP contribution in [0.25, 0.3) is 75.7 Å². The molecule has 0 aliphatic heterocycles. The SMILES string of the molecule is c1ccc(-c2cc(-c3cccc(-c4cccc(-c5ccc6sc7cc8ccccc8cc7c6c5)c4)c3)[nH]n2)cc1. The van der Waals surface area contributed by atoms with Crippen LogP contribution in [-0.4, -0.2) is 10.2 Å². The third kappa shape index (κ3) is 4.00. The molecule has 0 saturated carbocycles. The van der Waals surface area contributed by atoms with Crippen molar-refractivity contribution in [1.82, 2.24) is 10.2 Å². The van der Waals surface area contributed by atoms with Gasteiger partial charge in [0.2, 0.25) is 0 Å². The van der Waals surface area contributed by atoms with Crippen LogP contribution < -0.4 is 0 Å². The summed E-state index contributed by atoms with van der Waals surface area (Å²) >= 11 is 1.87. The average Bonchev–Trinajstić information content (AvgIpc) is 3.65.